The Kier molecular flexibility index (Phi) is 5.01. The fourth-order valence-corrected chi connectivity index (χ4v) is 2.79. The first-order chi connectivity index (χ1) is 10.0. The smallest absolute Gasteiger partial charge is 0.341 e. The van der Waals surface area contributed by atoms with Crippen LogP contribution in [0.25, 0.3) is 0 Å². The van der Waals surface area contributed by atoms with Crippen LogP contribution in [0.15, 0.2) is 12.3 Å². The SMILES string of the molecule is CCOC(=O)c1cc(N)cnc1N(C)CC1CCN(C)C1. The number of aromatic nitrogens is 1. The maximum atomic E-state index is 12.1. The molecule has 6 heteroatoms. The van der Waals surface area contributed by atoms with Crippen molar-refractivity contribution >= 4 is 17.5 Å². The van der Waals surface area contributed by atoms with Crippen LogP contribution in [0.4, 0.5) is 11.5 Å². The van der Waals surface area contributed by atoms with Crippen LogP contribution in [0, 0.1) is 5.92 Å². The summed E-state index contributed by atoms with van der Waals surface area (Å²) < 4.78 is 5.09. The third-order valence-corrected chi connectivity index (χ3v) is 3.77. The molecule has 1 saturated heterocycles. The molecular formula is C15H24N4O2. The summed E-state index contributed by atoms with van der Waals surface area (Å²) in [6, 6.07) is 1.64. The summed E-state index contributed by atoms with van der Waals surface area (Å²) in [5.74, 6) is 0.856. The van der Waals surface area contributed by atoms with Gasteiger partial charge in [0.05, 0.1) is 18.5 Å². The Labute approximate surface area is 125 Å². The number of likely N-dealkylation sites (tertiary alicyclic amines) is 1. The van der Waals surface area contributed by atoms with Crippen LogP contribution < -0.4 is 10.6 Å². The van der Waals surface area contributed by atoms with Crippen LogP contribution in [-0.4, -0.2) is 56.2 Å². The Morgan fingerprint density at radius 3 is 3.00 bits per heavy atom. The highest BCUT2D eigenvalue weighted by molar-refractivity contribution is 5.95. The summed E-state index contributed by atoms with van der Waals surface area (Å²) in [5, 5.41) is 0. The van der Waals surface area contributed by atoms with Crippen LogP contribution >= 0.6 is 0 Å². The topological polar surface area (TPSA) is 71.7 Å². The van der Waals surface area contributed by atoms with E-state index < -0.39 is 0 Å². The molecule has 6 nitrogen and oxygen atoms in total. The van der Waals surface area contributed by atoms with Crippen LogP contribution in [0.5, 0.6) is 0 Å². The highest BCUT2D eigenvalue weighted by atomic mass is 16.5. The lowest BCUT2D eigenvalue weighted by atomic mass is 10.1. The lowest BCUT2D eigenvalue weighted by molar-refractivity contribution is 0.0526. The summed E-state index contributed by atoms with van der Waals surface area (Å²) in [4.78, 5) is 20.7. The number of rotatable bonds is 5. The van der Waals surface area contributed by atoms with E-state index in [1.165, 1.54) is 6.42 Å². The van der Waals surface area contributed by atoms with Crippen molar-refractivity contribution in [1.29, 1.82) is 0 Å². The first-order valence-electron chi connectivity index (χ1n) is 7.33. The first kappa shape index (κ1) is 15.6. The number of ether oxygens (including phenoxy) is 1. The molecule has 0 saturated carbocycles. The molecule has 1 aromatic rings. The van der Waals surface area contributed by atoms with Gasteiger partial charge in [-0.2, -0.15) is 0 Å². The summed E-state index contributed by atoms with van der Waals surface area (Å²) in [6.07, 6.45) is 2.75. The maximum Gasteiger partial charge on any atom is 0.341 e. The molecule has 2 N–H and O–H groups in total. The van der Waals surface area contributed by atoms with Gasteiger partial charge < -0.3 is 20.3 Å². The second kappa shape index (κ2) is 6.76. The van der Waals surface area contributed by atoms with Gasteiger partial charge in [0.1, 0.15) is 11.4 Å². The van der Waals surface area contributed by atoms with Gasteiger partial charge in [-0.15, -0.1) is 0 Å². The van der Waals surface area contributed by atoms with Crippen molar-refractivity contribution in [3.05, 3.63) is 17.8 Å². The van der Waals surface area contributed by atoms with E-state index in [1.807, 2.05) is 11.9 Å². The minimum atomic E-state index is -0.373. The van der Waals surface area contributed by atoms with Gasteiger partial charge >= 0.3 is 5.97 Å². The molecule has 21 heavy (non-hydrogen) atoms. The van der Waals surface area contributed by atoms with Crippen molar-refractivity contribution in [2.45, 2.75) is 13.3 Å². The van der Waals surface area contributed by atoms with Gasteiger partial charge in [0.2, 0.25) is 0 Å². The zero-order chi connectivity index (χ0) is 15.4. The van der Waals surface area contributed by atoms with E-state index in [0.717, 1.165) is 19.6 Å². The van der Waals surface area contributed by atoms with Crippen LogP contribution in [0.1, 0.15) is 23.7 Å². The molecule has 0 amide bonds. The molecule has 0 bridgehead atoms. The van der Waals surface area contributed by atoms with Crippen molar-refractivity contribution in [2.24, 2.45) is 5.92 Å². The Morgan fingerprint density at radius 1 is 1.62 bits per heavy atom. The number of nitrogens with two attached hydrogens (primary N) is 1. The van der Waals surface area contributed by atoms with E-state index >= 15 is 0 Å². The number of esters is 1. The van der Waals surface area contributed by atoms with Gasteiger partial charge in [-0.1, -0.05) is 0 Å². The quantitative estimate of drug-likeness (QED) is 0.823. The Balaban J connectivity index is 2.15. The molecule has 1 unspecified atom stereocenters. The molecule has 1 atom stereocenters. The highest BCUT2D eigenvalue weighted by Gasteiger charge is 2.24. The van der Waals surface area contributed by atoms with E-state index in [9.17, 15) is 4.79 Å². The standard InChI is InChI=1S/C15H24N4O2/c1-4-21-15(20)13-7-12(16)8-17-14(13)19(3)10-11-5-6-18(2)9-11/h7-8,11H,4-6,9-10,16H2,1-3H3. The molecule has 0 aliphatic carbocycles. The fourth-order valence-electron chi connectivity index (χ4n) is 2.79. The van der Waals surface area contributed by atoms with Gasteiger partial charge in [0, 0.05) is 20.1 Å². The van der Waals surface area contributed by atoms with Crippen LogP contribution in [-0.2, 0) is 4.74 Å². The zero-order valence-electron chi connectivity index (χ0n) is 13.0. The molecule has 0 spiro atoms. The average molecular weight is 292 g/mol. The van der Waals surface area contributed by atoms with E-state index in [1.54, 1.807) is 19.2 Å². The number of nitrogen functional groups attached to an aromatic ring is 1. The van der Waals surface area contributed by atoms with E-state index in [0.29, 0.717) is 29.6 Å². The maximum absolute atomic E-state index is 12.1. The number of nitrogens with zero attached hydrogens (tertiary/aromatic N) is 3. The number of hydrogen-bond acceptors (Lipinski definition) is 6. The monoisotopic (exact) mass is 292 g/mol. The predicted molar refractivity (Wildman–Crippen MR) is 83.5 cm³/mol. The molecule has 1 aliphatic rings. The first-order valence-corrected chi connectivity index (χ1v) is 7.33. The van der Waals surface area contributed by atoms with Crippen molar-refractivity contribution in [3.8, 4) is 0 Å². The number of pyridine rings is 1. The van der Waals surface area contributed by atoms with Gasteiger partial charge in [0.15, 0.2) is 0 Å². The van der Waals surface area contributed by atoms with Crippen molar-refractivity contribution in [2.75, 3.05) is 51.0 Å². The normalized spacial score (nSPS) is 18.7. The van der Waals surface area contributed by atoms with Crippen LogP contribution in [0.2, 0.25) is 0 Å². The number of carbonyl (C=O) groups is 1. The number of anilines is 2. The molecular weight excluding hydrogens is 268 g/mol. The van der Waals surface area contributed by atoms with E-state index in [2.05, 4.69) is 16.9 Å². The lowest BCUT2D eigenvalue weighted by Gasteiger charge is -2.24. The Hall–Kier alpha value is -1.82. The summed E-state index contributed by atoms with van der Waals surface area (Å²) in [5.41, 5.74) is 6.65. The van der Waals surface area contributed by atoms with E-state index in [4.69, 9.17) is 10.5 Å². The van der Waals surface area contributed by atoms with Crippen molar-refractivity contribution < 1.29 is 9.53 Å². The third-order valence-electron chi connectivity index (χ3n) is 3.77. The minimum Gasteiger partial charge on any atom is -0.462 e. The number of carbonyl (C=O) groups excluding carboxylic acids is 1. The van der Waals surface area contributed by atoms with Gasteiger partial charge in [0.25, 0.3) is 0 Å². The van der Waals surface area contributed by atoms with Gasteiger partial charge in [-0.05, 0) is 38.9 Å². The zero-order valence-corrected chi connectivity index (χ0v) is 13.0. The lowest BCUT2D eigenvalue weighted by Crippen LogP contribution is -2.29. The fraction of sp³-hybridized carbons (Fsp3) is 0.600. The summed E-state index contributed by atoms with van der Waals surface area (Å²) in [6.45, 7) is 5.19. The molecule has 0 radical (unpaired) electrons. The minimum absolute atomic E-state index is 0.338. The third kappa shape index (κ3) is 3.85. The largest absolute Gasteiger partial charge is 0.462 e. The van der Waals surface area contributed by atoms with E-state index in [-0.39, 0.29) is 5.97 Å². The molecule has 0 aromatic carbocycles. The average Bonchev–Trinajstić information content (AvgIpc) is 2.84. The molecule has 2 rings (SSSR count). The van der Waals surface area contributed by atoms with Gasteiger partial charge in [-0.3, -0.25) is 0 Å². The summed E-state index contributed by atoms with van der Waals surface area (Å²) in [7, 11) is 4.09. The van der Waals surface area contributed by atoms with Crippen molar-refractivity contribution in [1.82, 2.24) is 9.88 Å². The second-order valence-electron chi connectivity index (χ2n) is 5.66. The Morgan fingerprint density at radius 2 is 2.38 bits per heavy atom. The Bertz CT molecular complexity index is 506. The molecule has 116 valence electrons. The molecule has 2 heterocycles. The number of hydrogen-bond donors (Lipinski definition) is 1. The predicted octanol–water partition coefficient (Wildman–Crippen LogP) is 1.23. The summed E-state index contributed by atoms with van der Waals surface area (Å²) >= 11 is 0. The highest BCUT2D eigenvalue weighted by Crippen LogP contribution is 2.23. The second-order valence-corrected chi connectivity index (χ2v) is 5.66. The van der Waals surface area contributed by atoms with Crippen molar-refractivity contribution in [3.63, 3.8) is 0 Å². The molecule has 1 aliphatic heterocycles. The molecule has 1 aromatic heterocycles. The molecule has 1 fully saturated rings. The van der Waals surface area contributed by atoms with Crippen LogP contribution in [0.3, 0.4) is 0 Å². The van der Waals surface area contributed by atoms with Gasteiger partial charge in [-0.25, -0.2) is 9.78 Å².